The highest BCUT2D eigenvalue weighted by Crippen LogP contribution is 2.12. The summed E-state index contributed by atoms with van der Waals surface area (Å²) >= 11 is 5.82. The number of hydrogen-bond donors (Lipinski definition) is 0. The van der Waals surface area contributed by atoms with Crippen molar-refractivity contribution in [3.05, 3.63) is 65.2 Å². The SMILES string of the molecule is CN(/N=C/c1ccc(Cl)cc1)c1ccccc1. The largest absolute Gasteiger partial charge is 0.269 e. The predicted octanol–water partition coefficient (Wildman–Crippen LogP) is 3.81. The smallest absolute Gasteiger partial charge is 0.0590 e. The van der Waals surface area contributed by atoms with Gasteiger partial charge in [-0.05, 0) is 29.8 Å². The van der Waals surface area contributed by atoms with Crippen LogP contribution < -0.4 is 5.01 Å². The van der Waals surface area contributed by atoms with Crippen molar-refractivity contribution in [1.82, 2.24) is 0 Å². The standard InChI is InChI=1S/C14H13ClN2/c1-17(14-5-3-2-4-6-14)16-11-12-7-9-13(15)10-8-12/h2-11H,1H3/b16-11+. The summed E-state index contributed by atoms with van der Waals surface area (Å²) in [5, 5.41) is 6.92. The first-order chi connectivity index (χ1) is 8.25. The zero-order chi connectivity index (χ0) is 12.1. The number of rotatable bonds is 3. The van der Waals surface area contributed by atoms with E-state index in [-0.39, 0.29) is 0 Å². The molecule has 0 N–H and O–H groups in total. The molecule has 2 aromatic rings. The van der Waals surface area contributed by atoms with E-state index in [4.69, 9.17) is 11.6 Å². The summed E-state index contributed by atoms with van der Waals surface area (Å²) in [6.45, 7) is 0. The molecule has 0 aliphatic heterocycles. The van der Waals surface area contributed by atoms with E-state index in [1.165, 1.54) is 0 Å². The monoisotopic (exact) mass is 244 g/mol. The maximum atomic E-state index is 5.82. The number of nitrogens with zero attached hydrogens (tertiary/aromatic N) is 2. The first-order valence-electron chi connectivity index (χ1n) is 5.34. The maximum absolute atomic E-state index is 5.82. The van der Waals surface area contributed by atoms with Crippen LogP contribution in [0.1, 0.15) is 5.56 Å². The molecule has 0 radical (unpaired) electrons. The summed E-state index contributed by atoms with van der Waals surface area (Å²) in [7, 11) is 1.92. The molecule has 0 amide bonds. The topological polar surface area (TPSA) is 15.6 Å². The minimum atomic E-state index is 0.735. The summed E-state index contributed by atoms with van der Waals surface area (Å²) < 4.78 is 0. The van der Waals surface area contributed by atoms with Gasteiger partial charge in [0.1, 0.15) is 0 Å². The van der Waals surface area contributed by atoms with Gasteiger partial charge in [0, 0.05) is 12.1 Å². The Morgan fingerprint density at radius 2 is 1.65 bits per heavy atom. The first-order valence-corrected chi connectivity index (χ1v) is 5.72. The molecular formula is C14H13ClN2. The van der Waals surface area contributed by atoms with E-state index in [1.807, 2.05) is 72.9 Å². The molecule has 0 saturated heterocycles. The highest BCUT2D eigenvalue weighted by molar-refractivity contribution is 6.30. The number of benzene rings is 2. The van der Waals surface area contributed by atoms with Crippen LogP contribution in [0, 0.1) is 0 Å². The van der Waals surface area contributed by atoms with Gasteiger partial charge in [-0.1, -0.05) is 41.9 Å². The van der Waals surface area contributed by atoms with Gasteiger partial charge in [0.25, 0.3) is 0 Å². The lowest BCUT2D eigenvalue weighted by Crippen LogP contribution is -2.08. The molecule has 86 valence electrons. The number of para-hydroxylation sites is 1. The van der Waals surface area contributed by atoms with Gasteiger partial charge in [0.05, 0.1) is 11.9 Å². The van der Waals surface area contributed by atoms with Crippen LogP contribution in [0.4, 0.5) is 5.69 Å². The highest BCUT2D eigenvalue weighted by atomic mass is 35.5. The van der Waals surface area contributed by atoms with Crippen LogP contribution >= 0.6 is 11.6 Å². The third-order valence-corrected chi connectivity index (χ3v) is 2.63. The number of hydrazone groups is 1. The highest BCUT2D eigenvalue weighted by Gasteiger charge is 1.95. The maximum Gasteiger partial charge on any atom is 0.0590 e. The van der Waals surface area contributed by atoms with Gasteiger partial charge < -0.3 is 0 Å². The second-order valence-corrected chi connectivity index (χ2v) is 4.09. The Labute approximate surface area is 106 Å². The van der Waals surface area contributed by atoms with Crippen molar-refractivity contribution >= 4 is 23.5 Å². The lowest BCUT2D eigenvalue weighted by Gasteiger charge is -2.11. The van der Waals surface area contributed by atoms with Crippen molar-refractivity contribution in [2.45, 2.75) is 0 Å². The molecule has 0 heterocycles. The lowest BCUT2D eigenvalue weighted by molar-refractivity contribution is 1.02. The van der Waals surface area contributed by atoms with Crippen molar-refractivity contribution in [2.24, 2.45) is 5.10 Å². The van der Waals surface area contributed by atoms with Crippen LogP contribution in [0.3, 0.4) is 0 Å². The third kappa shape index (κ3) is 3.33. The molecule has 0 aliphatic carbocycles. The van der Waals surface area contributed by atoms with Gasteiger partial charge in [-0.15, -0.1) is 0 Å². The Hall–Kier alpha value is -1.80. The molecule has 0 atom stereocenters. The van der Waals surface area contributed by atoms with Crippen molar-refractivity contribution in [3.63, 3.8) is 0 Å². The Balaban J connectivity index is 2.08. The van der Waals surface area contributed by atoms with Crippen LogP contribution in [-0.2, 0) is 0 Å². The minimum absolute atomic E-state index is 0.735. The van der Waals surface area contributed by atoms with E-state index < -0.39 is 0 Å². The van der Waals surface area contributed by atoms with Crippen LogP contribution in [0.2, 0.25) is 5.02 Å². The molecule has 3 heteroatoms. The number of anilines is 1. The van der Waals surface area contributed by atoms with Crippen molar-refractivity contribution < 1.29 is 0 Å². The summed E-state index contributed by atoms with van der Waals surface area (Å²) in [4.78, 5) is 0. The molecule has 0 saturated carbocycles. The molecule has 0 fully saturated rings. The number of hydrogen-bond acceptors (Lipinski definition) is 2. The predicted molar refractivity (Wildman–Crippen MR) is 73.9 cm³/mol. The molecule has 0 unspecified atom stereocenters. The van der Waals surface area contributed by atoms with E-state index in [1.54, 1.807) is 0 Å². The summed E-state index contributed by atoms with van der Waals surface area (Å²) in [6, 6.07) is 17.6. The molecular weight excluding hydrogens is 232 g/mol. The van der Waals surface area contributed by atoms with E-state index in [2.05, 4.69) is 5.10 Å². The first kappa shape index (κ1) is 11.7. The van der Waals surface area contributed by atoms with E-state index in [0.717, 1.165) is 16.3 Å². The Morgan fingerprint density at radius 1 is 1.00 bits per heavy atom. The van der Waals surface area contributed by atoms with Gasteiger partial charge in [-0.2, -0.15) is 5.10 Å². The summed E-state index contributed by atoms with van der Waals surface area (Å²) in [5.74, 6) is 0. The molecule has 2 aromatic carbocycles. The second kappa shape index (κ2) is 5.51. The number of halogens is 1. The van der Waals surface area contributed by atoms with Crippen LogP contribution in [0.5, 0.6) is 0 Å². The normalized spacial score (nSPS) is 10.7. The van der Waals surface area contributed by atoms with Crippen molar-refractivity contribution in [2.75, 3.05) is 12.1 Å². The Kier molecular flexibility index (Phi) is 3.78. The quantitative estimate of drug-likeness (QED) is 0.592. The molecule has 0 aromatic heterocycles. The lowest BCUT2D eigenvalue weighted by atomic mass is 10.2. The third-order valence-electron chi connectivity index (χ3n) is 2.38. The summed E-state index contributed by atoms with van der Waals surface area (Å²) in [5.41, 5.74) is 2.08. The van der Waals surface area contributed by atoms with Gasteiger partial charge in [-0.3, -0.25) is 5.01 Å². The van der Waals surface area contributed by atoms with Gasteiger partial charge in [0.15, 0.2) is 0 Å². The zero-order valence-corrected chi connectivity index (χ0v) is 10.3. The second-order valence-electron chi connectivity index (χ2n) is 3.66. The van der Waals surface area contributed by atoms with Crippen LogP contribution in [0.15, 0.2) is 59.7 Å². The van der Waals surface area contributed by atoms with E-state index in [0.29, 0.717) is 0 Å². The summed E-state index contributed by atoms with van der Waals surface area (Å²) in [6.07, 6.45) is 1.81. The average Bonchev–Trinajstić information content (AvgIpc) is 2.39. The Morgan fingerprint density at radius 3 is 2.29 bits per heavy atom. The minimum Gasteiger partial charge on any atom is -0.269 e. The molecule has 2 nitrogen and oxygen atoms in total. The van der Waals surface area contributed by atoms with Crippen LogP contribution in [0.25, 0.3) is 0 Å². The van der Waals surface area contributed by atoms with Gasteiger partial charge in [-0.25, -0.2) is 0 Å². The van der Waals surface area contributed by atoms with Crippen molar-refractivity contribution in [3.8, 4) is 0 Å². The average molecular weight is 245 g/mol. The zero-order valence-electron chi connectivity index (χ0n) is 9.55. The van der Waals surface area contributed by atoms with Gasteiger partial charge in [0.2, 0.25) is 0 Å². The van der Waals surface area contributed by atoms with Crippen molar-refractivity contribution in [1.29, 1.82) is 0 Å². The van der Waals surface area contributed by atoms with E-state index in [9.17, 15) is 0 Å². The Bertz CT molecular complexity index is 491. The van der Waals surface area contributed by atoms with E-state index >= 15 is 0 Å². The molecule has 2 rings (SSSR count). The fourth-order valence-electron chi connectivity index (χ4n) is 1.41. The molecule has 0 aliphatic rings. The van der Waals surface area contributed by atoms with Gasteiger partial charge >= 0.3 is 0 Å². The fraction of sp³-hybridized carbons (Fsp3) is 0.0714. The fourth-order valence-corrected chi connectivity index (χ4v) is 1.54. The molecule has 0 spiro atoms. The van der Waals surface area contributed by atoms with Crippen LogP contribution in [-0.4, -0.2) is 13.3 Å². The molecule has 0 bridgehead atoms. The molecule has 17 heavy (non-hydrogen) atoms.